The Kier molecular flexibility index (Phi) is 9.47. The van der Waals surface area contributed by atoms with E-state index in [0.29, 0.717) is 24.1 Å². The van der Waals surface area contributed by atoms with Crippen molar-refractivity contribution in [3.8, 4) is 11.6 Å². The van der Waals surface area contributed by atoms with Crippen molar-refractivity contribution in [2.24, 2.45) is 0 Å². The monoisotopic (exact) mass is 548 g/mol. The van der Waals surface area contributed by atoms with Gasteiger partial charge in [0.05, 0.1) is 23.0 Å². The summed E-state index contributed by atoms with van der Waals surface area (Å²) in [6.07, 6.45) is 3.71. The van der Waals surface area contributed by atoms with Gasteiger partial charge in [-0.25, -0.2) is 0 Å². The first kappa shape index (κ1) is 28.3. The van der Waals surface area contributed by atoms with Gasteiger partial charge in [-0.2, -0.15) is 9.97 Å². The molecule has 0 amide bonds. The summed E-state index contributed by atoms with van der Waals surface area (Å²) in [5.74, 6) is 0.396. The SMILES string of the molecule is CCCCC(=O)OCn1ccc2c(Oc3cccc([N+](=O)[O-])c3)nc(Nc3ccc(N(C)CCOC)cc3)nc21. The highest BCUT2D eigenvalue weighted by Crippen LogP contribution is 2.32. The van der Waals surface area contributed by atoms with Crippen molar-refractivity contribution >= 4 is 40.0 Å². The molecule has 210 valence electrons. The second kappa shape index (κ2) is 13.4. The van der Waals surface area contributed by atoms with Crippen LogP contribution in [0.15, 0.2) is 60.8 Å². The molecule has 0 saturated heterocycles. The number of benzene rings is 2. The van der Waals surface area contributed by atoms with Gasteiger partial charge in [-0.15, -0.1) is 0 Å². The van der Waals surface area contributed by atoms with Crippen molar-refractivity contribution in [1.29, 1.82) is 0 Å². The number of aromatic nitrogens is 3. The van der Waals surface area contributed by atoms with Gasteiger partial charge in [0.15, 0.2) is 12.4 Å². The molecule has 0 aliphatic heterocycles. The van der Waals surface area contributed by atoms with Gasteiger partial charge in [0.1, 0.15) is 5.75 Å². The second-order valence-corrected chi connectivity index (χ2v) is 9.07. The molecule has 0 saturated carbocycles. The normalized spacial score (nSPS) is 10.9. The van der Waals surface area contributed by atoms with E-state index in [1.54, 1.807) is 30.0 Å². The lowest BCUT2D eigenvalue weighted by Gasteiger charge is -2.19. The summed E-state index contributed by atoms with van der Waals surface area (Å²) in [7, 11) is 3.65. The van der Waals surface area contributed by atoms with E-state index in [0.717, 1.165) is 30.8 Å². The van der Waals surface area contributed by atoms with E-state index in [1.165, 1.54) is 18.2 Å². The first-order valence-electron chi connectivity index (χ1n) is 12.9. The number of hydrogen-bond acceptors (Lipinski definition) is 10. The summed E-state index contributed by atoms with van der Waals surface area (Å²) in [5, 5.41) is 15.0. The Hall–Kier alpha value is -4.71. The minimum atomic E-state index is -0.491. The number of nitrogens with zero attached hydrogens (tertiary/aromatic N) is 5. The van der Waals surface area contributed by atoms with E-state index in [-0.39, 0.29) is 36.0 Å². The Labute approximate surface area is 231 Å². The Morgan fingerprint density at radius 3 is 2.67 bits per heavy atom. The smallest absolute Gasteiger partial charge is 0.307 e. The quantitative estimate of drug-likeness (QED) is 0.120. The molecule has 2 heterocycles. The molecule has 0 spiro atoms. The van der Waals surface area contributed by atoms with Gasteiger partial charge in [-0.1, -0.05) is 19.4 Å². The van der Waals surface area contributed by atoms with Crippen molar-refractivity contribution in [3.05, 3.63) is 70.9 Å². The predicted octanol–water partition coefficient (Wildman–Crippen LogP) is 5.65. The van der Waals surface area contributed by atoms with Crippen LogP contribution in [0, 0.1) is 10.1 Å². The summed E-state index contributed by atoms with van der Waals surface area (Å²) in [6, 6.07) is 15.4. The summed E-state index contributed by atoms with van der Waals surface area (Å²) in [5.41, 5.74) is 2.13. The van der Waals surface area contributed by atoms with E-state index in [4.69, 9.17) is 14.2 Å². The number of ether oxygens (including phenoxy) is 3. The van der Waals surface area contributed by atoms with Crippen molar-refractivity contribution in [2.75, 3.05) is 37.5 Å². The van der Waals surface area contributed by atoms with Crippen LogP contribution in [0.5, 0.6) is 11.6 Å². The molecule has 12 nitrogen and oxygen atoms in total. The van der Waals surface area contributed by atoms with Crippen LogP contribution < -0.4 is 15.0 Å². The number of carbonyl (C=O) groups excluding carboxylic acids is 1. The first-order valence-corrected chi connectivity index (χ1v) is 12.9. The Balaban J connectivity index is 1.63. The lowest BCUT2D eigenvalue weighted by atomic mass is 10.2. The highest BCUT2D eigenvalue weighted by Gasteiger charge is 2.16. The van der Waals surface area contributed by atoms with Crippen LogP contribution in [0.4, 0.5) is 23.0 Å². The number of anilines is 3. The summed E-state index contributed by atoms with van der Waals surface area (Å²) in [6.45, 7) is 3.35. The highest BCUT2D eigenvalue weighted by molar-refractivity contribution is 5.83. The van der Waals surface area contributed by atoms with Gasteiger partial charge in [0, 0.05) is 50.8 Å². The molecule has 2 aromatic carbocycles. The third kappa shape index (κ3) is 7.23. The maximum Gasteiger partial charge on any atom is 0.307 e. The molecule has 0 fully saturated rings. The number of methoxy groups -OCH3 is 1. The molecule has 0 aliphatic rings. The number of esters is 1. The maximum absolute atomic E-state index is 12.1. The number of rotatable bonds is 14. The fourth-order valence-electron chi connectivity index (χ4n) is 3.87. The number of nitrogens with one attached hydrogen (secondary N) is 1. The van der Waals surface area contributed by atoms with Crippen LogP contribution in [0.1, 0.15) is 26.2 Å². The predicted molar refractivity (Wildman–Crippen MR) is 151 cm³/mol. The Morgan fingerprint density at radius 2 is 1.95 bits per heavy atom. The standard InChI is InChI=1S/C28H32N6O6/c1-4-5-9-25(35)39-19-33-15-14-24-26(33)30-28(29-20-10-12-21(13-11-20)32(2)16-17-38-3)31-27(24)40-23-8-6-7-22(18-23)34(36)37/h6-8,10-15,18H,4-5,9,16-17,19H2,1-3H3,(H,29,30,31). The van der Waals surface area contributed by atoms with Crippen LogP contribution in [0.2, 0.25) is 0 Å². The minimum Gasteiger partial charge on any atom is -0.444 e. The van der Waals surface area contributed by atoms with Crippen molar-refractivity contribution in [1.82, 2.24) is 14.5 Å². The molecular formula is C28H32N6O6. The van der Waals surface area contributed by atoms with Gasteiger partial charge < -0.3 is 24.4 Å². The van der Waals surface area contributed by atoms with Gasteiger partial charge in [0.25, 0.3) is 5.69 Å². The number of nitro benzene ring substituents is 1. The number of unbranched alkanes of at least 4 members (excludes halogenated alkanes) is 1. The zero-order chi connectivity index (χ0) is 28.5. The Bertz CT molecular complexity index is 1460. The number of hydrogen-bond donors (Lipinski definition) is 1. The highest BCUT2D eigenvalue weighted by atomic mass is 16.6. The summed E-state index contributed by atoms with van der Waals surface area (Å²) in [4.78, 5) is 34.1. The van der Waals surface area contributed by atoms with E-state index < -0.39 is 4.92 Å². The van der Waals surface area contributed by atoms with Gasteiger partial charge in [0.2, 0.25) is 11.8 Å². The Morgan fingerprint density at radius 1 is 1.15 bits per heavy atom. The van der Waals surface area contributed by atoms with Crippen LogP contribution in [-0.2, 0) is 21.0 Å². The van der Waals surface area contributed by atoms with Crippen molar-refractivity contribution in [2.45, 2.75) is 32.9 Å². The molecular weight excluding hydrogens is 516 g/mol. The third-order valence-electron chi connectivity index (χ3n) is 6.12. The molecule has 0 atom stereocenters. The molecule has 0 bridgehead atoms. The van der Waals surface area contributed by atoms with Crippen molar-refractivity contribution < 1.29 is 23.9 Å². The average Bonchev–Trinajstić information content (AvgIpc) is 3.37. The average molecular weight is 549 g/mol. The summed E-state index contributed by atoms with van der Waals surface area (Å²) < 4.78 is 18.3. The van der Waals surface area contributed by atoms with Crippen LogP contribution in [-0.4, -0.2) is 52.7 Å². The van der Waals surface area contributed by atoms with Crippen LogP contribution in [0.3, 0.4) is 0 Å². The van der Waals surface area contributed by atoms with E-state index in [9.17, 15) is 14.9 Å². The number of fused-ring (bicyclic) bond motifs is 1. The topological polar surface area (TPSA) is 134 Å². The first-order chi connectivity index (χ1) is 19.4. The molecule has 40 heavy (non-hydrogen) atoms. The third-order valence-corrected chi connectivity index (χ3v) is 6.12. The number of likely N-dealkylation sites (N-methyl/N-ethyl adjacent to an activating group) is 1. The molecule has 0 radical (unpaired) electrons. The van der Waals surface area contributed by atoms with E-state index >= 15 is 0 Å². The molecule has 0 aliphatic carbocycles. The fourth-order valence-corrected chi connectivity index (χ4v) is 3.87. The zero-order valence-electron chi connectivity index (χ0n) is 22.7. The second-order valence-electron chi connectivity index (χ2n) is 9.07. The van der Waals surface area contributed by atoms with Crippen LogP contribution >= 0.6 is 0 Å². The summed E-state index contributed by atoms with van der Waals surface area (Å²) >= 11 is 0. The lowest BCUT2D eigenvalue weighted by molar-refractivity contribution is -0.384. The minimum absolute atomic E-state index is 0.0265. The molecule has 0 unspecified atom stereocenters. The van der Waals surface area contributed by atoms with Gasteiger partial charge in [-0.3, -0.25) is 19.5 Å². The maximum atomic E-state index is 12.1. The number of carbonyl (C=O) groups is 1. The largest absolute Gasteiger partial charge is 0.444 e. The molecule has 4 aromatic rings. The fraction of sp³-hybridized carbons (Fsp3) is 0.321. The molecule has 2 aromatic heterocycles. The van der Waals surface area contributed by atoms with Crippen molar-refractivity contribution in [3.63, 3.8) is 0 Å². The van der Waals surface area contributed by atoms with Crippen LogP contribution in [0.25, 0.3) is 11.0 Å². The van der Waals surface area contributed by atoms with Gasteiger partial charge in [-0.05, 0) is 42.8 Å². The van der Waals surface area contributed by atoms with E-state index in [1.807, 2.05) is 38.2 Å². The molecule has 1 N–H and O–H groups in total. The molecule has 4 rings (SSSR count). The number of nitro groups is 1. The zero-order valence-corrected chi connectivity index (χ0v) is 22.7. The lowest BCUT2D eigenvalue weighted by Crippen LogP contribution is -2.21. The van der Waals surface area contributed by atoms with E-state index in [2.05, 4.69) is 20.2 Å². The molecule has 12 heteroatoms. The number of non-ortho nitro benzene ring substituents is 1. The van der Waals surface area contributed by atoms with Gasteiger partial charge >= 0.3 is 5.97 Å².